The van der Waals surface area contributed by atoms with Gasteiger partial charge in [0.05, 0.1) is 11.6 Å². The molecule has 2 atom stereocenters. The molecule has 4 saturated carbocycles. The van der Waals surface area contributed by atoms with Gasteiger partial charge in [-0.1, -0.05) is 47.4 Å². The summed E-state index contributed by atoms with van der Waals surface area (Å²) in [6, 6.07) is 8.40. The van der Waals surface area contributed by atoms with Gasteiger partial charge in [0, 0.05) is 22.1 Å². The largest absolute Gasteiger partial charge is 0.490 e. The number of nitrogens with one attached hydrogen (secondary N) is 1. The lowest BCUT2D eigenvalue weighted by Gasteiger charge is -2.65. The molecule has 0 spiro atoms. The highest BCUT2D eigenvalue weighted by Crippen LogP contribution is 2.66. The summed E-state index contributed by atoms with van der Waals surface area (Å²) in [5, 5.41) is 4.37. The van der Waals surface area contributed by atoms with E-state index in [0.717, 1.165) is 22.5 Å². The van der Waals surface area contributed by atoms with Crippen molar-refractivity contribution in [2.45, 2.75) is 78.0 Å². The maximum absolute atomic E-state index is 13.4. The number of halogens is 3. The molecule has 0 amide bonds. The third kappa shape index (κ3) is 4.85. The van der Waals surface area contributed by atoms with Crippen LogP contribution in [0, 0.1) is 22.6 Å². The van der Waals surface area contributed by atoms with Crippen molar-refractivity contribution < 1.29 is 13.9 Å². The van der Waals surface area contributed by atoms with Gasteiger partial charge in [-0.3, -0.25) is 0 Å². The average Bonchev–Trinajstić information content (AvgIpc) is 2.71. The van der Waals surface area contributed by atoms with Crippen molar-refractivity contribution in [1.29, 1.82) is 0 Å². The van der Waals surface area contributed by atoms with Crippen LogP contribution in [0.2, 0.25) is 5.02 Å². The molecule has 6 heteroatoms. The fourth-order valence-corrected chi connectivity index (χ4v) is 8.50. The van der Waals surface area contributed by atoms with Gasteiger partial charge in [0.1, 0.15) is 12.4 Å². The molecule has 4 aliphatic carbocycles. The van der Waals surface area contributed by atoms with Crippen molar-refractivity contribution in [3.05, 3.63) is 56.8 Å². The summed E-state index contributed by atoms with van der Waals surface area (Å²) in [5.41, 5.74) is 3.10. The summed E-state index contributed by atoms with van der Waals surface area (Å²) in [6.45, 7) is 8.57. The van der Waals surface area contributed by atoms with Crippen molar-refractivity contribution in [3.63, 3.8) is 0 Å². The van der Waals surface area contributed by atoms with Gasteiger partial charge < -0.3 is 14.8 Å². The van der Waals surface area contributed by atoms with E-state index in [1.54, 1.807) is 6.07 Å². The van der Waals surface area contributed by atoms with Gasteiger partial charge in [0.15, 0.2) is 11.5 Å². The van der Waals surface area contributed by atoms with E-state index in [1.165, 1.54) is 56.2 Å². The van der Waals surface area contributed by atoms with Crippen LogP contribution >= 0.6 is 27.5 Å². The second kappa shape index (κ2) is 8.97. The first-order valence-corrected chi connectivity index (χ1v) is 13.5. The van der Waals surface area contributed by atoms with E-state index < -0.39 is 0 Å². The molecule has 4 aliphatic rings. The van der Waals surface area contributed by atoms with Crippen LogP contribution in [-0.4, -0.2) is 12.1 Å². The SMILES string of the molecule is CCOc1cc(CNC23CC4CC(C)(CC(C)(C4)C2)C3)c(Br)cc1OCc1ccc(F)cc1Cl. The van der Waals surface area contributed by atoms with E-state index in [4.69, 9.17) is 21.1 Å². The molecule has 1 N–H and O–H groups in total. The summed E-state index contributed by atoms with van der Waals surface area (Å²) < 4.78 is 26.3. The highest BCUT2D eigenvalue weighted by Gasteiger charge is 2.59. The van der Waals surface area contributed by atoms with Crippen molar-refractivity contribution in [3.8, 4) is 11.5 Å². The molecule has 0 heterocycles. The smallest absolute Gasteiger partial charge is 0.162 e. The number of benzene rings is 2. The second-order valence-electron chi connectivity index (χ2n) is 11.6. The highest BCUT2D eigenvalue weighted by molar-refractivity contribution is 9.10. The molecule has 0 saturated heterocycles. The molecule has 0 aliphatic heterocycles. The predicted octanol–water partition coefficient (Wildman–Crippen LogP) is 8.06. The fraction of sp³-hybridized carbons (Fsp3) is 0.571. The van der Waals surface area contributed by atoms with Crippen molar-refractivity contribution in [1.82, 2.24) is 5.32 Å². The molecule has 2 aromatic rings. The summed E-state index contributed by atoms with van der Waals surface area (Å²) in [6.07, 6.45) is 8.03. The molecule has 6 rings (SSSR count). The van der Waals surface area contributed by atoms with Crippen LogP contribution in [-0.2, 0) is 13.2 Å². The Morgan fingerprint density at radius 3 is 2.35 bits per heavy atom. The van der Waals surface area contributed by atoms with Gasteiger partial charge in [-0.05, 0) is 92.0 Å². The zero-order valence-electron chi connectivity index (χ0n) is 20.3. The lowest BCUT2D eigenvalue weighted by molar-refractivity contribution is -0.118. The molecule has 4 fully saturated rings. The quantitative estimate of drug-likeness (QED) is 0.361. The van der Waals surface area contributed by atoms with Gasteiger partial charge in [-0.25, -0.2) is 4.39 Å². The van der Waals surface area contributed by atoms with E-state index >= 15 is 0 Å². The summed E-state index contributed by atoms with van der Waals surface area (Å²) in [5.74, 6) is 1.86. The lowest BCUT2D eigenvalue weighted by atomic mass is 9.43. The molecule has 184 valence electrons. The Bertz CT molecular complexity index is 1070. The molecular formula is C28H34BrClFNO2. The Kier molecular flexibility index (Phi) is 6.44. The monoisotopic (exact) mass is 549 g/mol. The minimum Gasteiger partial charge on any atom is -0.490 e. The normalized spacial score (nSPS) is 31.6. The molecule has 3 nitrogen and oxygen atoms in total. The Labute approximate surface area is 215 Å². The van der Waals surface area contributed by atoms with Gasteiger partial charge in [0.2, 0.25) is 0 Å². The van der Waals surface area contributed by atoms with Crippen molar-refractivity contribution >= 4 is 27.5 Å². The van der Waals surface area contributed by atoms with Crippen LogP contribution in [0.5, 0.6) is 11.5 Å². The first-order valence-electron chi connectivity index (χ1n) is 12.4. The summed E-state index contributed by atoms with van der Waals surface area (Å²) in [7, 11) is 0. The molecule has 2 unspecified atom stereocenters. The van der Waals surface area contributed by atoms with Gasteiger partial charge in [-0.15, -0.1) is 0 Å². The second-order valence-corrected chi connectivity index (χ2v) is 12.9. The Morgan fingerprint density at radius 1 is 1.00 bits per heavy atom. The zero-order chi connectivity index (χ0) is 24.1. The fourth-order valence-electron chi connectivity index (χ4n) is 7.82. The molecule has 34 heavy (non-hydrogen) atoms. The summed E-state index contributed by atoms with van der Waals surface area (Å²) in [4.78, 5) is 0. The molecule has 4 bridgehead atoms. The van der Waals surface area contributed by atoms with E-state index in [-0.39, 0.29) is 18.0 Å². The zero-order valence-corrected chi connectivity index (χ0v) is 22.6. The van der Waals surface area contributed by atoms with Crippen LogP contribution in [0.1, 0.15) is 70.4 Å². The molecule has 0 radical (unpaired) electrons. The van der Waals surface area contributed by atoms with Crippen molar-refractivity contribution in [2.75, 3.05) is 6.61 Å². The topological polar surface area (TPSA) is 30.5 Å². The van der Waals surface area contributed by atoms with Crippen LogP contribution in [0.4, 0.5) is 4.39 Å². The predicted molar refractivity (Wildman–Crippen MR) is 138 cm³/mol. The van der Waals surface area contributed by atoms with E-state index in [9.17, 15) is 4.39 Å². The van der Waals surface area contributed by atoms with Gasteiger partial charge >= 0.3 is 0 Å². The van der Waals surface area contributed by atoms with Crippen molar-refractivity contribution in [2.24, 2.45) is 16.7 Å². The Hall–Kier alpha value is -1.30. The van der Waals surface area contributed by atoms with Gasteiger partial charge in [-0.2, -0.15) is 0 Å². The maximum atomic E-state index is 13.4. The minimum atomic E-state index is -0.356. The first kappa shape index (κ1) is 24.4. The molecular weight excluding hydrogens is 517 g/mol. The van der Waals surface area contributed by atoms with E-state index in [1.807, 2.05) is 13.0 Å². The number of hydrogen-bond donors (Lipinski definition) is 1. The van der Waals surface area contributed by atoms with Crippen LogP contribution in [0.25, 0.3) is 0 Å². The van der Waals surface area contributed by atoms with Crippen LogP contribution < -0.4 is 14.8 Å². The third-order valence-corrected chi connectivity index (χ3v) is 9.18. The highest BCUT2D eigenvalue weighted by atomic mass is 79.9. The molecule has 0 aromatic heterocycles. The van der Waals surface area contributed by atoms with Crippen LogP contribution in [0.3, 0.4) is 0 Å². The maximum Gasteiger partial charge on any atom is 0.162 e. The number of rotatable bonds is 8. The Morgan fingerprint density at radius 2 is 1.71 bits per heavy atom. The molecule has 2 aromatic carbocycles. The minimum absolute atomic E-state index is 0.239. The summed E-state index contributed by atoms with van der Waals surface area (Å²) >= 11 is 9.94. The lowest BCUT2D eigenvalue weighted by Crippen LogP contribution is -2.63. The number of ether oxygens (including phenoxy) is 2. The van der Waals surface area contributed by atoms with Crippen LogP contribution in [0.15, 0.2) is 34.8 Å². The van der Waals surface area contributed by atoms with Gasteiger partial charge in [0.25, 0.3) is 0 Å². The number of hydrogen-bond acceptors (Lipinski definition) is 3. The standard InChI is InChI=1S/C28H34BrClFNO2/c1-4-33-24-7-20(22(29)9-25(24)34-14-19-5-6-21(31)8-23(19)30)13-32-28-12-18-10-26(2,16-28)15-27(3,11-18)17-28/h5-9,18,32H,4,10-17H2,1-3H3. The third-order valence-electron chi connectivity index (χ3n) is 8.09. The average molecular weight is 551 g/mol. The Balaban J connectivity index is 1.32. The first-order chi connectivity index (χ1) is 16.1. The van der Waals surface area contributed by atoms with E-state index in [2.05, 4.69) is 41.2 Å². The van der Waals surface area contributed by atoms with E-state index in [0.29, 0.717) is 34.0 Å².